The van der Waals surface area contributed by atoms with Crippen LogP contribution in [0.5, 0.6) is 0 Å². The van der Waals surface area contributed by atoms with E-state index in [4.69, 9.17) is 20.8 Å². The maximum Gasteiger partial charge on any atom is 0.164 e. The fourth-order valence-corrected chi connectivity index (χ4v) is 6.25. The van der Waals surface area contributed by atoms with Crippen molar-refractivity contribution in [2.75, 3.05) is 0 Å². The molecule has 0 spiro atoms. The summed E-state index contributed by atoms with van der Waals surface area (Å²) >= 11 is 0. The standard InChI is InChI=1S/C33H31N5O/c1-21-8-10-23(11-9-21)28-17-29-35-18-25-16-27(22-6-4-3-5-7-22)30(36-31(25)38(29)37-28)24-12-14-26(15-13-24)33(34)19-32(2,39)20-33/h3-12,14-18,24,39H,13,19-20,34H2,1-2H3. The van der Waals surface area contributed by atoms with E-state index in [-0.39, 0.29) is 5.92 Å². The first-order valence-electron chi connectivity index (χ1n) is 13.5. The van der Waals surface area contributed by atoms with Gasteiger partial charge in [-0.2, -0.15) is 9.61 Å². The Kier molecular flexibility index (Phi) is 5.34. The van der Waals surface area contributed by atoms with Gasteiger partial charge in [-0.3, -0.25) is 0 Å². The van der Waals surface area contributed by atoms with Crippen molar-refractivity contribution in [2.45, 2.75) is 50.2 Å². The van der Waals surface area contributed by atoms with E-state index in [9.17, 15) is 5.11 Å². The molecule has 7 rings (SSSR count). The number of nitrogens with two attached hydrogens (primary N) is 1. The highest BCUT2D eigenvalue weighted by atomic mass is 16.3. The number of hydrogen-bond donors (Lipinski definition) is 2. The molecule has 2 aromatic carbocycles. The molecule has 0 amide bonds. The van der Waals surface area contributed by atoms with Crippen LogP contribution in [-0.4, -0.2) is 35.8 Å². The van der Waals surface area contributed by atoms with Crippen LogP contribution in [-0.2, 0) is 0 Å². The third kappa shape index (κ3) is 4.17. The van der Waals surface area contributed by atoms with Crippen LogP contribution in [0.25, 0.3) is 39.1 Å². The number of aliphatic hydroxyl groups is 1. The number of pyridine rings is 1. The van der Waals surface area contributed by atoms with Crippen molar-refractivity contribution in [3.8, 4) is 22.4 Å². The SMILES string of the molecule is Cc1ccc(-c2cc3ncc4cc(-c5ccccc5)c(C5C=CC(C6(N)CC(C)(O)C6)=CC5)nc4n3n2)cc1. The van der Waals surface area contributed by atoms with Gasteiger partial charge in [-0.15, -0.1) is 0 Å². The van der Waals surface area contributed by atoms with Gasteiger partial charge in [0.25, 0.3) is 0 Å². The van der Waals surface area contributed by atoms with Crippen molar-refractivity contribution in [2.24, 2.45) is 5.73 Å². The van der Waals surface area contributed by atoms with Crippen molar-refractivity contribution < 1.29 is 5.11 Å². The number of rotatable bonds is 4. The van der Waals surface area contributed by atoms with Gasteiger partial charge in [0, 0.05) is 40.2 Å². The van der Waals surface area contributed by atoms with Gasteiger partial charge in [-0.25, -0.2) is 9.97 Å². The maximum absolute atomic E-state index is 10.3. The average molecular weight is 514 g/mol. The molecule has 3 heterocycles. The molecule has 0 bridgehead atoms. The summed E-state index contributed by atoms with van der Waals surface area (Å²) in [6, 6.07) is 23.0. The highest BCUT2D eigenvalue weighted by Gasteiger charge is 2.50. The van der Waals surface area contributed by atoms with Gasteiger partial charge in [-0.1, -0.05) is 78.4 Å². The summed E-state index contributed by atoms with van der Waals surface area (Å²) in [6.45, 7) is 3.94. The minimum atomic E-state index is -0.679. The first-order valence-corrected chi connectivity index (χ1v) is 13.5. The quantitative estimate of drug-likeness (QED) is 0.302. The van der Waals surface area contributed by atoms with Crippen LogP contribution in [0.15, 0.2) is 96.7 Å². The molecule has 39 heavy (non-hydrogen) atoms. The van der Waals surface area contributed by atoms with Crippen molar-refractivity contribution >= 4 is 16.7 Å². The number of fused-ring (bicyclic) bond motifs is 3. The second-order valence-corrected chi connectivity index (χ2v) is 11.5. The monoisotopic (exact) mass is 513 g/mol. The molecule has 1 atom stereocenters. The van der Waals surface area contributed by atoms with E-state index in [1.54, 1.807) is 0 Å². The Morgan fingerprint density at radius 1 is 1.00 bits per heavy atom. The lowest BCUT2D eigenvalue weighted by atomic mass is 9.62. The van der Waals surface area contributed by atoms with E-state index < -0.39 is 11.1 Å². The van der Waals surface area contributed by atoms with Crippen molar-refractivity contribution in [3.63, 3.8) is 0 Å². The van der Waals surface area contributed by atoms with Crippen LogP contribution in [0.4, 0.5) is 0 Å². The largest absolute Gasteiger partial charge is 0.390 e. The molecular formula is C33H31N5O. The van der Waals surface area contributed by atoms with Crippen molar-refractivity contribution in [1.82, 2.24) is 19.6 Å². The topological polar surface area (TPSA) is 89.3 Å². The summed E-state index contributed by atoms with van der Waals surface area (Å²) in [5.74, 6) is 0.0906. The Hall–Kier alpha value is -4.13. The van der Waals surface area contributed by atoms with E-state index in [1.807, 2.05) is 29.8 Å². The van der Waals surface area contributed by atoms with E-state index in [1.165, 1.54) is 5.56 Å². The van der Waals surface area contributed by atoms with Crippen LogP contribution in [0.2, 0.25) is 0 Å². The Balaban J connectivity index is 1.33. The van der Waals surface area contributed by atoms with Crippen molar-refractivity contribution in [3.05, 3.63) is 108 Å². The molecule has 2 aliphatic rings. The number of aromatic nitrogens is 4. The second kappa shape index (κ2) is 8.70. The second-order valence-electron chi connectivity index (χ2n) is 11.5. The molecule has 6 heteroatoms. The van der Waals surface area contributed by atoms with Crippen LogP contribution >= 0.6 is 0 Å². The number of aryl methyl sites for hydroxylation is 1. The Bertz CT molecular complexity index is 1770. The molecule has 1 saturated carbocycles. The molecule has 2 aliphatic carbocycles. The summed E-state index contributed by atoms with van der Waals surface area (Å²) in [5, 5.41) is 16.2. The third-order valence-electron chi connectivity index (χ3n) is 8.14. The van der Waals surface area contributed by atoms with Gasteiger partial charge in [0.15, 0.2) is 11.3 Å². The zero-order valence-corrected chi connectivity index (χ0v) is 22.2. The van der Waals surface area contributed by atoms with Gasteiger partial charge in [0.2, 0.25) is 0 Å². The molecule has 3 aromatic heterocycles. The minimum absolute atomic E-state index is 0.0906. The predicted molar refractivity (Wildman–Crippen MR) is 155 cm³/mol. The fraction of sp³-hybridized carbons (Fsp3) is 0.242. The molecule has 6 nitrogen and oxygen atoms in total. The molecule has 0 aliphatic heterocycles. The summed E-state index contributed by atoms with van der Waals surface area (Å²) in [5.41, 5.74) is 14.5. The van der Waals surface area contributed by atoms with E-state index in [0.717, 1.165) is 56.8 Å². The van der Waals surface area contributed by atoms with Gasteiger partial charge in [0.1, 0.15) is 0 Å². The molecule has 194 valence electrons. The third-order valence-corrected chi connectivity index (χ3v) is 8.14. The lowest BCUT2D eigenvalue weighted by Gasteiger charge is -2.50. The first-order chi connectivity index (χ1) is 18.8. The van der Waals surface area contributed by atoms with E-state index in [2.05, 4.69) is 79.7 Å². The van der Waals surface area contributed by atoms with Crippen LogP contribution in [0, 0.1) is 6.92 Å². The lowest BCUT2D eigenvalue weighted by Crippen LogP contribution is -2.61. The number of nitrogens with zero attached hydrogens (tertiary/aromatic N) is 4. The highest BCUT2D eigenvalue weighted by molar-refractivity contribution is 5.84. The maximum atomic E-state index is 10.3. The van der Waals surface area contributed by atoms with Crippen LogP contribution in [0.3, 0.4) is 0 Å². The van der Waals surface area contributed by atoms with Gasteiger partial charge >= 0.3 is 0 Å². The lowest BCUT2D eigenvalue weighted by molar-refractivity contribution is -0.0569. The molecule has 1 fully saturated rings. The Morgan fingerprint density at radius 3 is 2.46 bits per heavy atom. The Morgan fingerprint density at radius 2 is 1.77 bits per heavy atom. The molecule has 3 N–H and O–H groups in total. The zero-order chi connectivity index (χ0) is 26.8. The first kappa shape index (κ1) is 23.9. The normalized spacial score (nSPS) is 24.6. The molecule has 0 radical (unpaired) electrons. The zero-order valence-electron chi connectivity index (χ0n) is 22.2. The Labute approximate surface area is 227 Å². The molecule has 0 saturated heterocycles. The molecule has 5 aromatic rings. The highest BCUT2D eigenvalue weighted by Crippen LogP contribution is 2.46. The summed E-state index contributed by atoms with van der Waals surface area (Å²) in [4.78, 5) is 9.99. The minimum Gasteiger partial charge on any atom is -0.390 e. The van der Waals surface area contributed by atoms with Crippen molar-refractivity contribution in [1.29, 1.82) is 0 Å². The number of allylic oxidation sites excluding steroid dienone is 2. The number of benzene rings is 2. The van der Waals surface area contributed by atoms with E-state index >= 15 is 0 Å². The predicted octanol–water partition coefficient (Wildman–Crippen LogP) is 6.13. The molecule has 1 unspecified atom stereocenters. The summed E-state index contributed by atoms with van der Waals surface area (Å²) in [7, 11) is 0. The fourth-order valence-electron chi connectivity index (χ4n) is 6.25. The molecular weight excluding hydrogens is 482 g/mol. The summed E-state index contributed by atoms with van der Waals surface area (Å²) < 4.78 is 1.86. The summed E-state index contributed by atoms with van der Waals surface area (Å²) in [6.07, 6.45) is 10.4. The van der Waals surface area contributed by atoms with Gasteiger partial charge < -0.3 is 10.8 Å². The van der Waals surface area contributed by atoms with E-state index in [0.29, 0.717) is 12.8 Å². The number of hydrogen-bond acceptors (Lipinski definition) is 5. The van der Waals surface area contributed by atoms with Gasteiger partial charge in [0.05, 0.1) is 17.0 Å². The van der Waals surface area contributed by atoms with Gasteiger partial charge in [-0.05, 0) is 50.3 Å². The average Bonchev–Trinajstić information content (AvgIpc) is 3.37. The van der Waals surface area contributed by atoms with Crippen LogP contribution < -0.4 is 5.73 Å². The van der Waals surface area contributed by atoms with Crippen LogP contribution in [0.1, 0.15) is 43.4 Å². The smallest absolute Gasteiger partial charge is 0.164 e.